The number of ether oxygens (including phenoxy) is 1. The highest BCUT2D eigenvalue weighted by atomic mass is 16.5. The van der Waals surface area contributed by atoms with Gasteiger partial charge in [0.1, 0.15) is 5.52 Å². The molecule has 0 amide bonds. The van der Waals surface area contributed by atoms with Gasteiger partial charge >= 0.3 is 0 Å². The lowest BCUT2D eigenvalue weighted by atomic mass is 9.99. The van der Waals surface area contributed by atoms with Crippen molar-refractivity contribution in [1.82, 2.24) is 9.97 Å². The van der Waals surface area contributed by atoms with Crippen molar-refractivity contribution >= 4 is 10.9 Å². The average molecular weight is 230 g/mol. The Morgan fingerprint density at radius 3 is 2.71 bits per heavy atom. The number of aryl methyl sites for hydroxylation is 1. The molecule has 0 saturated carbocycles. The maximum absolute atomic E-state index is 5.33. The molecule has 2 aromatic rings. The Balaban J connectivity index is 2.79. The number of fused-ring (bicyclic) bond motifs is 1. The molecular formula is C14H18N2O. The molecule has 3 heteroatoms. The molecule has 0 unspecified atom stereocenters. The van der Waals surface area contributed by atoms with E-state index in [1.807, 2.05) is 6.20 Å². The van der Waals surface area contributed by atoms with Crippen LogP contribution in [0.2, 0.25) is 0 Å². The summed E-state index contributed by atoms with van der Waals surface area (Å²) in [5.41, 5.74) is 3.20. The standard InChI is InChI=1S/C14H18N2O/c1-5-10-8-12-11(9(2)3)6-7-15-13(12)14(16-10)17-4/h6-9H,5H2,1-4H3. The fourth-order valence-corrected chi connectivity index (χ4v) is 2.02. The van der Waals surface area contributed by atoms with Crippen LogP contribution in [0.5, 0.6) is 5.88 Å². The van der Waals surface area contributed by atoms with E-state index in [1.54, 1.807) is 7.11 Å². The van der Waals surface area contributed by atoms with Gasteiger partial charge in [-0.2, -0.15) is 0 Å². The van der Waals surface area contributed by atoms with Crippen LogP contribution in [0.1, 0.15) is 37.9 Å². The summed E-state index contributed by atoms with van der Waals surface area (Å²) in [5, 5.41) is 1.16. The van der Waals surface area contributed by atoms with E-state index in [2.05, 4.69) is 42.9 Å². The second-order valence-corrected chi connectivity index (χ2v) is 4.43. The third-order valence-corrected chi connectivity index (χ3v) is 2.96. The maximum atomic E-state index is 5.33. The van der Waals surface area contributed by atoms with E-state index in [9.17, 15) is 0 Å². The van der Waals surface area contributed by atoms with Crippen LogP contribution in [0.3, 0.4) is 0 Å². The summed E-state index contributed by atoms with van der Waals surface area (Å²) in [7, 11) is 1.64. The molecule has 0 saturated heterocycles. The summed E-state index contributed by atoms with van der Waals surface area (Å²) in [5.74, 6) is 1.10. The Morgan fingerprint density at radius 1 is 1.35 bits per heavy atom. The van der Waals surface area contributed by atoms with E-state index in [1.165, 1.54) is 5.56 Å². The second-order valence-electron chi connectivity index (χ2n) is 4.43. The third-order valence-electron chi connectivity index (χ3n) is 2.96. The van der Waals surface area contributed by atoms with Gasteiger partial charge in [-0.25, -0.2) is 4.98 Å². The van der Waals surface area contributed by atoms with Gasteiger partial charge in [0.15, 0.2) is 0 Å². The van der Waals surface area contributed by atoms with Crippen molar-refractivity contribution in [2.45, 2.75) is 33.1 Å². The third kappa shape index (κ3) is 2.09. The second kappa shape index (κ2) is 4.70. The molecule has 2 aromatic heterocycles. The first-order valence-electron chi connectivity index (χ1n) is 5.99. The van der Waals surface area contributed by atoms with Crippen LogP contribution in [0.25, 0.3) is 10.9 Å². The first-order valence-corrected chi connectivity index (χ1v) is 5.99. The Morgan fingerprint density at radius 2 is 2.12 bits per heavy atom. The van der Waals surface area contributed by atoms with Crippen molar-refractivity contribution in [3.63, 3.8) is 0 Å². The molecule has 0 aromatic carbocycles. The molecular weight excluding hydrogens is 212 g/mol. The lowest BCUT2D eigenvalue weighted by Gasteiger charge is -2.12. The number of nitrogens with zero attached hydrogens (tertiary/aromatic N) is 2. The highest BCUT2D eigenvalue weighted by Crippen LogP contribution is 2.29. The quantitative estimate of drug-likeness (QED) is 0.811. The topological polar surface area (TPSA) is 35.0 Å². The Kier molecular flexibility index (Phi) is 3.27. The minimum absolute atomic E-state index is 0.470. The molecule has 3 nitrogen and oxygen atoms in total. The van der Waals surface area contributed by atoms with Gasteiger partial charge in [0.2, 0.25) is 5.88 Å². The Labute approximate surface area is 102 Å². The van der Waals surface area contributed by atoms with Crippen molar-refractivity contribution in [2.24, 2.45) is 0 Å². The zero-order valence-electron chi connectivity index (χ0n) is 10.8. The normalized spacial score (nSPS) is 11.1. The van der Waals surface area contributed by atoms with Crippen molar-refractivity contribution in [1.29, 1.82) is 0 Å². The van der Waals surface area contributed by atoms with Crippen molar-refractivity contribution in [2.75, 3.05) is 7.11 Å². The van der Waals surface area contributed by atoms with E-state index in [-0.39, 0.29) is 0 Å². The fourth-order valence-electron chi connectivity index (χ4n) is 2.02. The SMILES string of the molecule is CCc1cc2c(C(C)C)ccnc2c(OC)n1. The molecule has 2 heterocycles. The molecule has 0 atom stereocenters. The van der Waals surface area contributed by atoms with Crippen LogP contribution in [-0.2, 0) is 6.42 Å². The van der Waals surface area contributed by atoms with Crippen LogP contribution < -0.4 is 4.74 Å². The number of hydrogen-bond donors (Lipinski definition) is 0. The van der Waals surface area contributed by atoms with Crippen molar-refractivity contribution < 1.29 is 4.74 Å². The molecule has 0 aliphatic rings. The van der Waals surface area contributed by atoms with Gasteiger partial charge in [-0.3, -0.25) is 4.98 Å². The first kappa shape index (κ1) is 11.8. The Bertz CT molecular complexity index is 535. The van der Waals surface area contributed by atoms with E-state index < -0.39 is 0 Å². The largest absolute Gasteiger partial charge is 0.479 e. The maximum Gasteiger partial charge on any atom is 0.240 e. The highest BCUT2D eigenvalue weighted by molar-refractivity contribution is 5.86. The molecule has 0 fully saturated rings. The molecule has 0 radical (unpaired) electrons. The lowest BCUT2D eigenvalue weighted by molar-refractivity contribution is 0.401. The van der Waals surface area contributed by atoms with Gasteiger partial charge in [-0.15, -0.1) is 0 Å². The van der Waals surface area contributed by atoms with Crippen LogP contribution in [0.4, 0.5) is 0 Å². The van der Waals surface area contributed by atoms with Crippen LogP contribution in [-0.4, -0.2) is 17.1 Å². The van der Waals surface area contributed by atoms with E-state index >= 15 is 0 Å². The Hall–Kier alpha value is -1.64. The predicted octanol–water partition coefficient (Wildman–Crippen LogP) is 3.32. The summed E-state index contributed by atoms with van der Waals surface area (Å²) < 4.78 is 5.33. The van der Waals surface area contributed by atoms with Crippen LogP contribution in [0, 0.1) is 0 Å². The van der Waals surface area contributed by atoms with E-state index in [4.69, 9.17) is 4.74 Å². The number of hydrogen-bond acceptors (Lipinski definition) is 3. The van der Waals surface area contributed by atoms with Gasteiger partial charge < -0.3 is 4.74 Å². The number of rotatable bonds is 3. The zero-order valence-corrected chi connectivity index (χ0v) is 10.8. The molecule has 0 aliphatic heterocycles. The van der Waals surface area contributed by atoms with Gasteiger partial charge in [-0.05, 0) is 30.0 Å². The zero-order chi connectivity index (χ0) is 12.4. The summed E-state index contributed by atoms with van der Waals surface area (Å²) in [6, 6.07) is 4.20. The smallest absolute Gasteiger partial charge is 0.240 e. The van der Waals surface area contributed by atoms with Gasteiger partial charge in [0, 0.05) is 17.3 Å². The van der Waals surface area contributed by atoms with Crippen LogP contribution in [0.15, 0.2) is 18.3 Å². The van der Waals surface area contributed by atoms with Crippen molar-refractivity contribution in [3.05, 3.63) is 29.6 Å². The molecule has 0 aliphatic carbocycles. The van der Waals surface area contributed by atoms with Crippen LogP contribution >= 0.6 is 0 Å². The molecule has 90 valence electrons. The summed E-state index contributed by atoms with van der Waals surface area (Å²) in [6.07, 6.45) is 2.73. The fraction of sp³-hybridized carbons (Fsp3) is 0.429. The minimum atomic E-state index is 0.470. The number of methoxy groups -OCH3 is 1. The molecule has 2 rings (SSSR count). The molecule has 0 spiro atoms. The van der Waals surface area contributed by atoms with E-state index in [0.29, 0.717) is 11.8 Å². The number of aromatic nitrogens is 2. The minimum Gasteiger partial charge on any atom is -0.479 e. The predicted molar refractivity (Wildman–Crippen MR) is 69.6 cm³/mol. The van der Waals surface area contributed by atoms with Gasteiger partial charge in [0.05, 0.1) is 7.11 Å². The molecule has 17 heavy (non-hydrogen) atoms. The molecule has 0 bridgehead atoms. The lowest BCUT2D eigenvalue weighted by Crippen LogP contribution is -1.99. The monoisotopic (exact) mass is 230 g/mol. The highest BCUT2D eigenvalue weighted by Gasteiger charge is 2.12. The van der Waals surface area contributed by atoms with Gasteiger partial charge in [-0.1, -0.05) is 20.8 Å². The summed E-state index contributed by atoms with van der Waals surface area (Å²) >= 11 is 0. The summed E-state index contributed by atoms with van der Waals surface area (Å²) in [6.45, 7) is 6.47. The van der Waals surface area contributed by atoms with Gasteiger partial charge in [0.25, 0.3) is 0 Å². The molecule has 0 N–H and O–H groups in total. The first-order chi connectivity index (χ1) is 8.17. The number of pyridine rings is 2. The van der Waals surface area contributed by atoms with Crippen molar-refractivity contribution in [3.8, 4) is 5.88 Å². The summed E-state index contributed by atoms with van der Waals surface area (Å²) in [4.78, 5) is 8.84. The average Bonchev–Trinajstić information content (AvgIpc) is 2.36. The van der Waals surface area contributed by atoms with E-state index in [0.717, 1.165) is 23.0 Å².